The van der Waals surface area contributed by atoms with E-state index in [9.17, 15) is 14.4 Å². The quantitative estimate of drug-likeness (QED) is 0.672. The number of thiazole rings is 1. The van der Waals surface area contributed by atoms with Gasteiger partial charge in [0.25, 0.3) is 0 Å². The number of rotatable bonds is 7. The van der Waals surface area contributed by atoms with Gasteiger partial charge in [-0.1, -0.05) is 0 Å². The third-order valence-electron chi connectivity index (χ3n) is 4.30. The highest BCUT2D eigenvalue weighted by molar-refractivity contribution is 7.14. The van der Waals surface area contributed by atoms with E-state index >= 15 is 0 Å². The Hall–Kier alpha value is -2.68. The molecule has 0 bridgehead atoms. The highest BCUT2D eigenvalue weighted by Crippen LogP contribution is 2.24. The number of carbonyl (C=O) groups is 3. The molecule has 0 N–H and O–H groups in total. The summed E-state index contributed by atoms with van der Waals surface area (Å²) in [4.78, 5) is 43.4. The standard InChI is InChI=1S/C18H21N3O5S/c1-3-21(12(2)22)18-19-14(11-27-18)10-26-17(24)13-7-16(23)20(8-13)9-15-5-4-6-25-15/h4-6,11,13H,3,7-10H2,1-2H3/t13-/m0/s1. The number of ether oxygens (including phenoxy) is 1. The predicted molar refractivity (Wildman–Crippen MR) is 97.8 cm³/mol. The molecule has 1 fully saturated rings. The van der Waals surface area contributed by atoms with Crippen molar-refractivity contribution in [3.8, 4) is 0 Å². The number of aromatic nitrogens is 1. The van der Waals surface area contributed by atoms with Gasteiger partial charge >= 0.3 is 5.97 Å². The second-order valence-electron chi connectivity index (χ2n) is 6.25. The number of hydrogen-bond acceptors (Lipinski definition) is 7. The summed E-state index contributed by atoms with van der Waals surface area (Å²) in [5.41, 5.74) is 0.583. The largest absolute Gasteiger partial charge is 0.467 e. The molecule has 3 rings (SSSR count). The Labute approximate surface area is 160 Å². The average molecular weight is 391 g/mol. The minimum absolute atomic E-state index is 0.0215. The molecule has 0 aromatic carbocycles. The van der Waals surface area contributed by atoms with Crippen LogP contribution >= 0.6 is 11.3 Å². The van der Waals surface area contributed by atoms with Crippen LogP contribution in [0.2, 0.25) is 0 Å². The Morgan fingerprint density at radius 1 is 1.48 bits per heavy atom. The van der Waals surface area contributed by atoms with Crippen LogP contribution in [0, 0.1) is 5.92 Å². The first kappa shape index (κ1) is 19.1. The minimum Gasteiger partial charge on any atom is -0.467 e. The van der Waals surface area contributed by atoms with E-state index in [2.05, 4.69) is 4.98 Å². The van der Waals surface area contributed by atoms with Gasteiger partial charge in [0.2, 0.25) is 11.8 Å². The van der Waals surface area contributed by atoms with Crippen molar-refractivity contribution >= 4 is 34.3 Å². The van der Waals surface area contributed by atoms with Crippen LogP contribution in [0.1, 0.15) is 31.7 Å². The summed E-state index contributed by atoms with van der Waals surface area (Å²) in [6.45, 7) is 4.56. The van der Waals surface area contributed by atoms with Crippen molar-refractivity contribution in [2.45, 2.75) is 33.4 Å². The van der Waals surface area contributed by atoms with Crippen molar-refractivity contribution in [1.29, 1.82) is 0 Å². The molecule has 144 valence electrons. The number of amides is 2. The maximum atomic E-state index is 12.3. The Balaban J connectivity index is 1.52. The zero-order valence-corrected chi connectivity index (χ0v) is 16.0. The van der Waals surface area contributed by atoms with E-state index in [4.69, 9.17) is 9.15 Å². The summed E-state index contributed by atoms with van der Waals surface area (Å²) >= 11 is 1.33. The van der Waals surface area contributed by atoms with Crippen LogP contribution in [0.5, 0.6) is 0 Å². The molecular weight excluding hydrogens is 370 g/mol. The molecule has 0 unspecified atom stereocenters. The molecule has 1 atom stereocenters. The number of furan rings is 1. The highest BCUT2D eigenvalue weighted by Gasteiger charge is 2.35. The summed E-state index contributed by atoms with van der Waals surface area (Å²) in [7, 11) is 0. The van der Waals surface area contributed by atoms with Crippen LogP contribution in [-0.2, 0) is 32.3 Å². The summed E-state index contributed by atoms with van der Waals surface area (Å²) < 4.78 is 10.6. The fraction of sp³-hybridized carbons (Fsp3) is 0.444. The lowest BCUT2D eigenvalue weighted by atomic mass is 10.1. The van der Waals surface area contributed by atoms with Crippen LogP contribution in [0.4, 0.5) is 5.13 Å². The van der Waals surface area contributed by atoms with E-state index in [-0.39, 0.29) is 24.8 Å². The summed E-state index contributed by atoms with van der Waals surface area (Å²) in [6, 6.07) is 3.55. The fourth-order valence-electron chi connectivity index (χ4n) is 2.92. The van der Waals surface area contributed by atoms with Gasteiger partial charge in [-0.25, -0.2) is 4.98 Å². The summed E-state index contributed by atoms with van der Waals surface area (Å²) in [5.74, 6) is -0.409. The topological polar surface area (TPSA) is 93.0 Å². The molecule has 1 aliphatic heterocycles. The molecule has 1 aliphatic rings. The van der Waals surface area contributed by atoms with Crippen LogP contribution in [-0.4, -0.2) is 40.8 Å². The monoisotopic (exact) mass is 391 g/mol. The number of hydrogen-bond donors (Lipinski definition) is 0. The normalized spacial score (nSPS) is 16.6. The van der Waals surface area contributed by atoms with Gasteiger partial charge in [0.05, 0.1) is 24.4 Å². The molecule has 3 heterocycles. The van der Waals surface area contributed by atoms with E-state index in [1.807, 2.05) is 6.92 Å². The van der Waals surface area contributed by atoms with Crippen molar-refractivity contribution in [1.82, 2.24) is 9.88 Å². The summed E-state index contributed by atoms with van der Waals surface area (Å²) in [6.07, 6.45) is 1.69. The lowest BCUT2D eigenvalue weighted by Crippen LogP contribution is -2.27. The van der Waals surface area contributed by atoms with Gasteiger partial charge in [0, 0.05) is 31.8 Å². The second-order valence-corrected chi connectivity index (χ2v) is 7.08. The smallest absolute Gasteiger partial charge is 0.311 e. The lowest BCUT2D eigenvalue weighted by molar-refractivity contribution is -0.149. The minimum atomic E-state index is -0.491. The van der Waals surface area contributed by atoms with Crippen molar-refractivity contribution in [2.24, 2.45) is 5.92 Å². The molecule has 2 aromatic rings. The van der Waals surface area contributed by atoms with Gasteiger partial charge < -0.3 is 14.1 Å². The molecule has 0 saturated carbocycles. The zero-order valence-electron chi connectivity index (χ0n) is 15.2. The molecule has 1 saturated heterocycles. The lowest BCUT2D eigenvalue weighted by Gasteiger charge is -2.15. The number of carbonyl (C=O) groups excluding carboxylic acids is 3. The van der Waals surface area contributed by atoms with Gasteiger partial charge in [-0.05, 0) is 19.1 Å². The van der Waals surface area contributed by atoms with Crippen LogP contribution in [0.3, 0.4) is 0 Å². The fourth-order valence-corrected chi connectivity index (χ4v) is 3.83. The molecule has 0 aliphatic carbocycles. The first-order chi connectivity index (χ1) is 13.0. The van der Waals surface area contributed by atoms with Gasteiger partial charge in [-0.2, -0.15) is 0 Å². The number of likely N-dealkylation sites (tertiary alicyclic amines) is 1. The Morgan fingerprint density at radius 3 is 2.96 bits per heavy atom. The maximum Gasteiger partial charge on any atom is 0.311 e. The van der Waals surface area contributed by atoms with E-state index in [1.165, 1.54) is 18.3 Å². The Kier molecular flexibility index (Phi) is 5.90. The predicted octanol–water partition coefficient (Wildman–Crippen LogP) is 2.20. The van der Waals surface area contributed by atoms with Gasteiger partial charge in [0.15, 0.2) is 5.13 Å². The van der Waals surface area contributed by atoms with Crippen LogP contribution in [0.25, 0.3) is 0 Å². The number of nitrogens with zero attached hydrogens (tertiary/aromatic N) is 3. The highest BCUT2D eigenvalue weighted by atomic mass is 32.1. The average Bonchev–Trinajstić information content (AvgIpc) is 3.36. The second kappa shape index (κ2) is 8.34. The Morgan fingerprint density at radius 2 is 2.30 bits per heavy atom. The first-order valence-electron chi connectivity index (χ1n) is 8.67. The number of esters is 1. The van der Waals surface area contributed by atoms with E-state index < -0.39 is 11.9 Å². The third kappa shape index (κ3) is 4.54. The Bertz CT molecular complexity index is 817. The van der Waals surface area contributed by atoms with Crippen LogP contribution < -0.4 is 4.90 Å². The summed E-state index contributed by atoms with van der Waals surface area (Å²) in [5, 5.41) is 2.34. The SMILES string of the molecule is CCN(C(C)=O)c1nc(COC(=O)[C@H]2CC(=O)N(Cc3ccco3)C2)cs1. The molecule has 2 aromatic heterocycles. The third-order valence-corrected chi connectivity index (χ3v) is 5.22. The van der Waals surface area contributed by atoms with E-state index in [1.54, 1.807) is 33.6 Å². The number of anilines is 1. The van der Waals surface area contributed by atoms with Crippen molar-refractivity contribution in [2.75, 3.05) is 18.0 Å². The molecular formula is C18H21N3O5S. The van der Waals surface area contributed by atoms with Crippen molar-refractivity contribution in [3.05, 3.63) is 35.2 Å². The van der Waals surface area contributed by atoms with Gasteiger partial charge in [-0.3, -0.25) is 19.3 Å². The van der Waals surface area contributed by atoms with Crippen molar-refractivity contribution in [3.63, 3.8) is 0 Å². The van der Waals surface area contributed by atoms with Gasteiger partial charge in [0.1, 0.15) is 12.4 Å². The molecule has 27 heavy (non-hydrogen) atoms. The van der Waals surface area contributed by atoms with E-state index in [0.29, 0.717) is 36.2 Å². The zero-order chi connectivity index (χ0) is 19.4. The van der Waals surface area contributed by atoms with Gasteiger partial charge in [-0.15, -0.1) is 11.3 Å². The van der Waals surface area contributed by atoms with E-state index in [0.717, 1.165) is 0 Å². The van der Waals surface area contributed by atoms with Crippen molar-refractivity contribution < 1.29 is 23.5 Å². The maximum absolute atomic E-state index is 12.3. The van der Waals surface area contributed by atoms with Crippen LogP contribution in [0.15, 0.2) is 28.2 Å². The molecule has 8 nitrogen and oxygen atoms in total. The molecule has 0 radical (unpaired) electrons. The molecule has 0 spiro atoms. The molecule has 9 heteroatoms. The first-order valence-corrected chi connectivity index (χ1v) is 9.55. The molecule has 2 amide bonds.